The summed E-state index contributed by atoms with van der Waals surface area (Å²) in [6.45, 7) is 1.31. The molecular formula is C15H16N4O3S2. The van der Waals surface area contributed by atoms with Gasteiger partial charge in [-0.2, -0.15) is 0 Å². The SMILES string of the molecule is S=C(NCc1ccc2c(c1)OCO2)NNC(=S)NCc1ccco1. The number of hydrogen-bond donors (Lipinski definition) is 4. The van der Waals surface area contributed by atoms with E-state index in [1.807, 2.05) is 30.3 Å². The highest BCUT2D eigenvalue weighted by Gasteiger charge is 2.13. The normalized spacial score (nSPS) is 11.7. The summed E-state index contributed by atoms with van der Waals surface area (Å²) in [5.74, 6) is 2.30. The minimum atomic E-state index is 0.262. The molecule has 0 bridgehead atoms. The number of rotatable bonds is 4. The van der Waals surface area contributed by atoms with Gasteiger partial charge in [0.2, 0.25) is 6.79 Å². The molecule has 0 fully saturated rings. The molecule has 1 aromatic heterocycles. The Morgan fingerprint density at radius 1 is 0.958 bits per heavy atom. The maximum absolute atomic E-state index is 5.34. The van der Waals surface area contributed by atoms with Gasteiger partial charge in [0.15, 0.2) is 21.7 Å². The van der Waals surface area contributed by atoms with Gasteiger partial charge in [0.25, 0.3) is 0 Å². The highest BCUT2D eigenvalue weighted by atomic mass is 32.1. The fraction of sp³-hybridized carbons (Fsp3) is 0.200. The van der Waals surface area contributed by atoms with Crippen molar-refractivity contribution in [1.82, 2.24) is 21.5 Å². The van der Waals surface area contributed by atoms with Gasteiger partial charge in [-0.15, -0.1) is 0 Å². The highest BCUT2D eigenvalue weighted by Crippen LogP contribution is 2.32. The molecule has 0 amide bonds. The van der Waals surface area contributed by atoms with Crippen LogP contribution in [0.5, 0.6) is 11.5 Å². The molecule has 7 nitrogen and oxygen atoms in total. The van der Waals surface area contributed by atoms with Crippen LogP contribution in [0.25, 0.3) is 0 Å². The van der Waals surface area contributed by atoms with E-state index in [2.05, 4.69) is 21.5 Å². The summed E-state index contributed by atoms with van der Waals surface area (Å²) < 4.78 is 15.8. The Morgan fingerprint density at radius 2 is 1.71 bits per heavy atom. The number of thiocarbonyl (C=S) groups is 2. The zero-order valence-corrected chi connectivity index (χ0v) is 14.3. The van der Waals surface area contributed by atoms with E-state index in [0.717, 1.165) is 22.8 Å². The van der Waals surface area contributed by atoms with Crippen molar-refractivity contribution in [3.05, 3.63) is 47.9 Å². The highest BCUT2D eigenvalue weighted by molar-refractivity contribution is 7.80. The molecule has 0 unspecified atom stereocenters. The molecule has 0 aliphatic carbocycles. The summed E-state index contributed by atoms with van der Waals surface area (Å²) in [4.78, 5) is 0. The second kappa shape index (κ2) is 7.84. The van der Waals surface area contributed by atoms with Crippen LogP contribution >= 0.6 is 24.4 Å². The number of ether oxygens (including phenoxy) is 2. The first kappa shape index (κ1) is 16.3. The monoisotopic (exact) mass is 364 g/mol. The van der Waals surface area contributed by atoms with E-state index in [4.69, 9.17) is 38.3 Å². The van der Waals surface area contributed by atoms with Crippen molar-refractivity contribution in [3.63, 3.8) is 0 Å². The largest absolute Gasteiger partial charge is 0.467 e. The number of furan rings is 1. The summed E-state index contributed by atoms with van der Waals surface area (Å²) in [6.07, 6.45) is 1.61. The molecule has 0 saturated carbocycles. The average Bonchev–Trinajstić information content (AvgIpc) is 3.26. The van der Waals surface area contributed by atoms with Crippen LogP contribution in [0.3, 0.4) is 0 Å². The number of nitrogens with one attached hydrogen (secondary N) is 4. The van der Waals surface area contributed by atoms with E-state index in [9.17, 15) is 0 Å². The zero-order valence-electron chi connectivity index (χ0n) is 12.6. The molecule has 0 saturated heterocycles. The van der Waals surface area contributed by atoms with Crippen LogP contribution in [0.4, 0.5) is 0 Å². The average molecular weight is 364 g/mol. The van der Waals surface area contributed by atoms with Crippen molar-refractivity contribution >= 4 is 34.7 Å². The molecule has 1 aromatic carbocycles. The van der Waals surface area contributed by atoms with Crippen LogP contribution in [0.2, 0.25) is 0 Å². The van der Waals surface area contributed by atoms with Gasteiger partial charge in [-0.1, -0.05) is 6.07 Å². The molecule has 1 aliphatic heterocycles. The van der Waals surface area contributed by atoms with Gasteiger partial charge in [0.05, 0.1) is 12.8 Å². The lowest BCUT2D eigenvalue weighted by Crippen LogP contribution is -2.49. The quantitative estimate of drug-likeness (QED) is 0.477. The molecule has 0 spiro atoms. The second-order valence-corrected chi connectivity index (χ2v) is 5.70. The van der Waals surface area contributed by atoms with Crippen molar-refractivity contribution in [1.29, 1.82) is 0 Å². The summed E-state index contributed by atoms with van der Waals surface area (Å²) >= 11 is 10.3. The Balaban J connectivity index is 1.35. The lowest BCUT2D eigenvalue weighted by atomic mass is 10.2. The molecular weight excluding hydrogens is 348 g/mol. The van der Waals surface area contributed by atoms with Gasteiger partial charge in [-0.3, -0.25) is 10.9 Å². The smallest absolute Gasteiger partial charge is 0.231 e. The fourth-order valence-electron chi connectivity index (χ4n) is 2.02. The van der Waals surface area contributed by atoms with Gasteiger partial charge >= 0.3 is 0 Å². The lowest BCUT2D eigenvalue weighted by Gasteiger charge is -2.14. The third-order valence-electron chi connectivity index (χ3n) is 3.18. The summed E-state index contributed by atoms with van der Waals surface area (Å²) in [6, 6.07) is 9.43. The first-order valence-corrected chi connectivity index (χ1v) is 8.01. The van der Waals surface area contributed by atoms with Crippen molar-refractivity contribution in [2.24, 2.45) is 0 Å². The fourth-order valence-corrected chi connectivity index (χ4v) is 2.26. The number of hydrogen-bond acceptors (Lipinski definition) is 5. The first-order valence-electron chi connectivity index (χ1n) is 7.19. The lowest BCUT2D eigenvalue weighted by molar-refractivity contribution is 0.174. The van der Waals surface area contributed by atoms with Gasteiger partial charge in [0, 0.05) is 6.54 Å². The predicted molar refractivity (Wildman–Crippen MR) is 96.4 cm³/mol. The molecule has 126 valence electrons. The third-order valence-corrected chi connectivity index (χ3v) is 3.68. The van der Waals surface area contributed by atoms with Crippen LogP contribution in [0.15, 0.2) is 41.0 Å². The second-order valence-electron chi connectivity index (χ2n) is 4.88. The van der Waals surface area contributed by atoms with E-state index in [1.165, 1.54) is 0 Å². The predicted octanol–water partition coefficient (Wildman–Crippen LogP) is 1.55. The Bertz CT molecular complexity index is 722. The molecule has 9 heteroatoms. The van der Waals surface area contributed by atoms with Crippen molar-refractivity contribution < 1.29 is 13.9 Å². The van der Waals surface area contributed by atoms with Crippen molar-refractivity contribution in [2.45, 2.75) is 13.1 Å². The van der Waals surface area contributed by atoms with Crippen LogP contribution in [-0.4, -0.2) is 17.0 Å². The molecule has 24 heavy (non-hydrogen) atoms. The summed E-state index contributed by atoms with van der Waals surface area (Å²) in [5.41, 5.74) is 6.65. The number of hydrazine groups is 1. The first-order chi connectivity index (χ1) is 11.7. The van der Waals surface area contributed by atoms with Crippen LogP contribution in [-0.2, 0) is 13.1 Å². The maximum Gasteiger partial charge on any atom is 0.231 e. The molecule has 2 aromatic rings. The van der Waals surface area contributed by atoms with Gasteiger partial charge in [0.1, 0.15) is 5.76 Å². The summed E-state index contributed by atoms with van der Waals surface area (Å²) in [7, 11) is 0. The Hall–Kier alpha value is -2.52. The van der Waals surface area contributed by atoms with Gasteiger partial charge in [-0.05, 0) is 54.3 Å². The van der Waals surface area contributed by atoms with Gasteiger partial charge in [-0.25, -0.2) is 0 Å². The van der Waals surface area contributed by atoms with E-state index >= 15 is 0 Å². The standard InChI is InChI=1S/C15H16N4O3S2/c23-14(18-19-15(24)17-8-11-2-1-5-20-11)16-7-10-3-4-12-13(6-10)22-9-21-12/h1-6H,7-9H2,(H2,16,18,23)(H2,17,19,24). The molecule has 2 heterocycles. The maximum atomic E-state index is 5.34. The summed E-state index contributed by atoms with van der Waals surface area (Å²) in [5, 5.41) is 6.90. The molecule has 1 aliphatic rings. The Morgan fingerprint density at radius 3 is 2.46 bits per heavy atom. The molecule has 0 radical (unpaired) electrons. The minimum absolute atomic E-state index is 0.262. The van der Waals surface area contributed by atoms with Crippen molar-refractivity contribution in [2.75, 3.05) is 6.79 Å². The van der Waals surface area contributed by atoms with Crippen LogP contribution < -0.4 is 31.0 Å². The zero-order chi connectivity index (χ0) is 16.8. The van der Waals surface area contributed by atoms with E-state index in [0.29, 0.717) is 23.3 Å². The topological polar surface area (TPSA) is 79.7 Å². The molecule has 4 N–H and O–H groups in total. The van der Waals surface area contributed by atoms with Crippen molar-refractivity contribution in [3.8, 4) is 11.5 Å². The van der Waals surface area contributed by atoms with Crippen LogP contribution in [0, 0.1) is 0 Å². The van der Waals surface area contributed by atoms with E-state index in [-0.39, 0.29) is 6.79 Å². The Kier molecular flexibility index (Phi) is 5.34. The molecule has 0 atom stereocenters. The van der Waals surface area contributed by atoms with Crippen LogP contribution in [0.1, 0.15) is 11.3 Å². The van der Waals surface area contributed by atoms with Gasteiger partial charge < -0.3 is 24.5 Å². The third kappa shape index (κ3) is 4.49. The van der Waals surface area contributed by atoms with E-state index in [1.54, 1.807) is 6.26 Å². The van der Waals surface area contributed by atoms with E-state index < -0.39 is 0 Å². The number of benzene rings is 1. The Labute approximate surface area is 149 Å². The number of fused-ring (bicyclic) bond motifs is 1. The minimum Gasteiger partial charge on any atom is -0.467 e. The molecule has 3 rings (SSSR count).